The summed E-state index contributed by atoms with van der Waals surface area (Å²) in [6.07, 6.45) is 0. The Labute approximate surface area is 130 Å². The van der Waals surface area contributed by atoms with Gasteiger partial charge in [0, 0.05) is 6.54 Å². The van der Waals surface area contributed by atoms with Crippen LogP contribution in [0.25, 0.3) is 11.0 Å². The van der Waals surface area contributed by atoms with Crippen molar-refractivity contribution in [3.63, 3.8) is 0 Å². The summed E-state index contributed by atoms with van der Waals surface area (Å²) in [7, 11) is 0. The van der Waals surface area contributed by atoms with Gasteiger partial charge in [-0.05, 0) is 42.0 Å². The van der Waals surface area contributed by atoms with Gasteiger partial charge >= 0.3 is 5.69 Å². The van der Waals surface area contributed by atoms with Gasteiger partial charge in [0.1, 0.15) is 11.6 Å². The topological polar surface area (TPSA) is 87.0 Å². The van der Waals surface area contributed by atoms with Crippen LogP contribution in [-0.4, -0.2) is 22.5 Å². The van der Waals surface area contributed by atoms with E-state index in [9.17, 15) is 14.0 Å². The van der Waals surface area contributed by atoms with E-state index in [1.165, 1.54) is 24.3 Å². The number of ether oxygens (including phenoxy) is 1. The Kier molecular flexibility index (Phi) is 4.09. The van der Waals surface area contributed by atoms with Crippen LogP contribution in [0.5, 0.6) is 5.75 Å². The summed E-state index contributed by atoms with van der Waals surface area (Å²) in [6.45, 7) is 0.156. The molecule has 118 valence electrons. The van der Waals surface area contributed by atoms with Gasteiger partial charge in [-0.3, -0.25) is 4.79 Å². The maximum absolute atomic E-state index is 12.7. The van der Waals surface area contributed by atoms with Gasteiger partial charge in [-0.25, -0.2) is 9.18 Å². The molecule has 0 saturated carbocycles. The van der Waals surface area contributed by atoms with Crippen LogP contribution in [0.15, 0.2) is 47.3 Å². The predicted octanol–water partition coefficient (Wildman–Crippen LogP) is 1.69. The van der Waals surface area contributed by atoms with Gasteiger partial charge in [-0.2, -0.15) is 0 Å². The largest absolute Gasteiger partial charge is 0.484 e. The van der Waals surface area contributed by atoms with Crippen molar-refractivity contribution in [1.29, 1.82) is 0 Å². The van der Waals surface area contributed by atoms with Gasteiger partial charge in [-0.15, -0.1) is 0 Å². The first-order valence-corrected chi connectivity index (χ1v) is 6.96. The van der Waals surface area contributed by atoms with Gasteiger partial charge < -0.3 is 20.0 Å². The molecule has 0 aliphatic rings. The van der Waals surface area contributed by atoms with Crippen LogP contribution in [0, 0.1) is 5.82 Å². The molecule has 6 nitrogen and oxygen atoms in total. The molecule has 0 bridgehead atoms. The Bertz CT molecular complexity index is 883. The third kappa shape index (κ3) is 3.76. The van der Waals surface area contributed by atoms with E-state index in [0.717, 1.165) is 5.56 Å². The normalized spacial score (nSPS) is 10.7. The number of carbonyl (C=O) groups is 1. The number of nitrogens with one attached hydrogen (secondary N) is 3. The lowest BCUT2D eigenvalue weighted by molar-refractivity contribution is -0.123. The highest BCUT2D eigenvalue weighted by Crippen LogP contribution is 2.11. The number of fused-ring (bicyclic) bond motifs is 1. The van der Waals surface area contributed by atoms with Crippen molar-refractivity contribution >= 4 is 16.9 Å². The fourth-order valence-corrected chi connectivity index (χ4v) is 2.12. The second-order valence-corrected chi connectivity index (χ2v) is 4.98. The van der Waals surface area contributed by atoms with Crippen LogP contribution in [0.2, 0.25) is 0 Å². The summed E-state index contributed by atoms with van der Waals surface area (Å²) in [6, 6.07) is 10.8. The highest BCUT2D eigenvalue weighted by molar-refractivity contribution is 5.78. The first-order chi connectivity index (χ1) is 11.1. The van der Waals surface area contributed by atoms with Gasteiger partial charge in [0.05, 0.1) is 11.0 Å². The van der Waals surface area contributed by atoms with Crippen LogP contribution >= 0.6 is 0 Å². The van der Waals surface area contributed by atoms with Crippen molar-refractivity contribution < 1.29 is 13.9 Å². The zero-order valence-electron chi connectivity index (χ0n) is 12.1. The minimum Gasteiger partial charge on any atom is -0.484 e. The molecule has 0 aliphatic carbocycles. The number of hydrogen-bond donors (Lipinski definition) is 3. The Morgan fingerprint density at radius 2 is 1.83 bits per heavy atom. The standard InChI is InChI=1S/C16H14FN3O3/c17-11-2-4-12(5-3-11)23-9-15(21)18-8-10-1-6-13-14(7-10)20-16(22)19-13/h1-7H,8-9H2,(H,18,21)(H2,19,20,22). The zero-order valence-corrected chi connectivity index (χ0v) is 12.1. The highest BCUT2D eigenvalue weighted by Gasteiger charge is 2.05. The van der Waals surface area contributed by atoms with E-state index >= 15 is 0 Å². The molecule has 0 spiro atoms. The molecule has 1 amide bonds. The van der Waals surface area contributed by atoms with E-state index in [4.69, 9.17) is 4.74 Å². The quantitative estimate of drug-likeness (QED) is 0.669. The number of halogens is 1. The predicted molar refractivity (Wildman–Crippen MR) is 82.7 cm³/mol. The molecule has 2 aromatic carbocycles. The molecular weight excluding hydrogens is 301 g/mol. The molecule has 1 aromatic heterocycles. The number of aromatic amines is 2. The number of rotatable bonds is 5. The molecule has 3 rings (SSSR count). The van der Waals surface area contributed by atoms with Crippen LogP contribution in [0.3, 0.4) is 0 Å². The first-order valence-electron chi connectivity index (χ1n) is 6.96. The van der Waals surface area contributed by atoms with E-state index < -0.39 is 0 Å². The molecule has 1 heterocycles. The lowest BCUT2D eigenvalue weighted by Crippen LogP contribution is -2.28. The second kappa shape index (κ2) is 6.35. The molecule has 0 unspecified atom stereocenters. The molecule has 23 heavy (non-hydrogen) atoms. The van der Waals surface area contributed by atoms with Crippen molar-refractivity contribution in [2.75, 3.05) is 6.61 Å². The van der Waals surface area contributed by atoms with Crippen LogP contribution < -0.4 is 15.7 Å². The highest BCUT2D eigenvalue weighted by atomic mass is 19.1. The Morgan fingerprint density at radius 1 is 1.09 bits per heavy atom. The maximum Gasteiger partial charge on any atom is 0.323 e. The summed E-state index contributed by atoms with van der Waals surface area (Å²) < 4.78 is 18.0. The smallest absolute Gasteiger partial charge is 0.323 e. The van der Waals surface area contributed by atoms with Gasteiger partial charge in [0.2, 0.25) is 0 Å². The summed E-state index contributed by atoms with van der Waals surface area (Å²) in [5, 5.41) is 2.71. The number of benzene rings is 2. The van der Waals surface area contributed by atoms with Crippen LogP contribution in [-0.2, 0) is 11.3 Å². The summed E-state index contributed by atoms with van der Waals surface area (Å²) in [5.74, 6) is -0.232. The molecule has 0 radical (unpaired) electrons. The van der Waals surface area contributed by atoms with Gasteiger partial charge in [0.15, 0.2) is 6.61 Å². The minimum atomic E-state index is -0.361. The summed E-state index contributed by atoms with van der Waals surface area (Å²) in [5.41, 5.74) is 1.98. The molecule has 3 N–H and O–H groups in total. The van der Waals surface area contributed by atoms with Gasteiger partial charge in [0.25, 0.3) is 5.91 Å². The molecule has 0 aliphatic heterocycles. The number of imidazole rings is 1. The number of carbonyl (C=O) groups excluding carboxylic acids is 1. The second-order valence-electron chi connectivity index (χ2n) is 4.98. The third-order valence-corrected chi connectivity index (χ3v) is 3.25. The van der Waals surface area contributed by atoms with Crippen molar-refractivity contribution in [2.45, 2.75) is 6.54 Å². The number of H-pyrrole nitrogens is 2. The van der Waals surface area contributed by atoms with Gasteiger partial charge in [-0.1, -0.05) is 6.07 Å². The number of amides is 1. The number of hydrogen-bond acceptors (Lipinski definition) is 3. The summed E-state index contributed by atoms with van der Waals surface area (Å²) in [4.78, 5) is 28.2. The number of aromatic nitrogens is 2. The molecule has 0 fully saturated rings. The molecular formula is C16H14FN3O3. The lowest BCUT2D eigenvalue weighted by Gasteiger charge is -2.07. The Balaban J connectivity index is 1.53. The SMILES string of the molecule is O=C(COc1ccc(F)cc1)NCc1ccc2[nH]c(=O)[nH]c2c1. The van der Waals surface area contributed by atoms with E-state index in [0.29, 0.717) is 23.3 Å². The van der Waals surface area contributed by atoms with E-state index in [1.54, 1.807) is 12.1 Å². The third-order valence-electron chi connectivity index (χ3n) is 3.25. The van der Waals surface area contributed by atoms with Crippen LogP contribution in [0.1, 0.15) is 5.56 Å². The summed E-state index contributed by atoms with van der Waals surface area (Å²) >= 11 is 0. The lowest BCUT2D eigenvalue weighted by atomic mass is 10.2. The Hall–Kier alpha value is -3.09. The maximum atomic E-state index is 12.7. The molecule has 7 heteroatoms. The average Bonchev–Trinajstić information content (AvgIpc) is 2.91. The zero-order chi connectivity index (χ0) is 16.2. The van der Waals surface area contributed by atoms with E-state index in [2.05, 4.69) is 15.3 Å². The fraction of sp³-hybridized carbons (Fsp3) is 0.125. The molecule has 3 aromatic rings. The minimum absolute atomic E-state index is 0.158. The van der Waals surface area contributed by atoms with Crippen molar-refractivity contribution in [3.8, 4) is 5.75 Å². The molecule has 0 atom stereocenters. The monoisotopic (exact) mass is 315 g/mol. The van der Waals surface area contributed by atoms with Crippen molar-refractivity contribution in [1.82, 2.24) is 15.3 Å². The molecule has 0 saturated heterocycles. The van der Waals surface area contributed by atoms with E-state index in [-0.39, 0.29) is 24.0 Å². The van der Waals surface area contributed by atoms with Crippen molar-refractivity contribution in [2.24, 2.45) is 0 Å². The average molecular weight is 315 g/mol. The van der Waals surface area contributed by atoms with Crippen molar-refractivity contribution in [3.05, 3.63) is 64.3 Å². The Morgan fingerprint density at radius 3 is 2.61 bits per heavy atom. The fourth-order valence-electron chi connectivity index (χ4n) is 2.12. The van der Waals surface area contributed by atoms with E-state index in [1.807, 2.05) is 6.07 Å². The first kappa shape index (κ1) is 14.8. The van der Waals surface area contributed by atoms with Crippen LogP contribution in [0.4, 0.5) is 4.39 Å².